The molecule has 0 aromatic heterocycles. The van der Waals surface area contributed by atoms with E-state index in [1.54, 1.807) is 7.11 Å². The Bertz CT molecular complexity index is 1560. The van der Waals surface area contributed by atoms with Crippen molar-refractivity contribution in [3.05, 3.63) is 35.1 Å². The number of ketones is 2. The van der Waals surface area contributed by atoms with Crippen LogP contribution < -0.4 is 20.5 Å². The van der Waals surface area contributed by atoms with Crippen molar-refractivity contribution in [2.24, 2.45) is 23.5 Å². The summed E-state index contributed by atoms with van der Waals surface area (Å²) in [7, 11) is 3.80. The maximum Gasteiger partial charge on any atom is 0.415 e. The molecule has 5 aliphatic rings. The standard InChI is InChI=1S/C37H50N4O9/c1-21(42)16-26(43)18-23(6-4-5-13-38)34(44)39-20-25-17-24(35(45)46)11-14-41(25)36(47)49-30-10-8-27-28-19-22-7-9-29(48-3)32-31(22)37(27,33(30)50-32)12-15-40(28)2/h7,9-10,23-25,27-28,33H,4-6,8,11-20,38H2,1-3H3,(H,39,44)(H,45,46)/t23-,24?,25?,27?,28-,33-,37+/m1/s1. The van der Waals surface area contributed by atoms with Crippen LogP contribution in [0.2, 0.25) is 0 Å². The molecule has 2 bridgehead atoms. The van der Waals surface area contributed by atoms with E-state index in [4.69, 9.17) is 19.9 Å². The lowest BCUT2D eigenvalue weighted by Gasteiger charge is -2.56. The molecular formula is C37H50N4O9. The number of hydrogen-bond acceptors (Lipinski definition) is 10. The van der Waals surface area contributed by atoms with Gasteiger partial charge in [-0.1, -0.05) is 12.5 Å². The zero-order chi connectivity index (χ0) is 35.7. The van der Waals surface area contributed by atoms with Crippen molar-refractivity contribution in [3.63, 3.8) is 0 Å². The number of rotatable bonds is 14. The summed E-state index contributed by atoms with van der Waals surface area (Å²) in [6, 6.07) is 3.76. The first-order valence-corrected chi connectivity index (χ1v) is 18.0. The molecule has 13 nitrogen and oxygen atoms in total. The fraction of sp³-hybridized carbons (Fsp3) is 0.649. The Morgan fingerprint density at radius 3 is 2.70 bits per heavy atom. The zero-order valence-electron chi connectivity index (χ0n) is 29.3. The van der Waals surface area contributed by atoms with E-state index in [0.29, 0.717) is 43.4 Å². The highest BCUT2D eigenvalue weighted by molar-refractivity contribution is 5.99. The summed E-state index contributed by atoms with van der Waals surface area (Å²) in [5, 5.41) is 12.7. The molecule has 3 heterocycles. The number of hydrogen-bond donors (Lipinski definition) is 3. The number of carbonyl (C=O) groups excluding carboxylic acids is 4. The first kappa shape index (κ1) is 35.8. The lowest BCUT2D eigenvalue weighted by Crippen LogP contribution is -2.63. The molecule has 1 aromatic carbocycles. The lowest BCUT2D eigenvalue weighted by atomic mass is 9.53. The molecular weight excluding hydrogens is 644 g/mol. The Hall–Kier alpha value is -3.97. The van der Waals surface area contributed by atoms with E-state index in [1.165, 1.54) is 23.0 Å². The fourth-order valence-electron chi connectivity index (χ4n) is 9.28. The number of nitrogens with zero attached hydrogens (tertiary/aromatic N) is 2. The quantitative estimate of drug-likeness (QED) is 0.193. The number of carbonyl (C=O) groups is 5. The third-order valence-electron chi connectivity index (χ3n) is 11.7. The van der Waals surface area contributed by atoms with Crippen molar-refractivity contribution in [3.8, 4) is 11.5 Å². The molecule has 2 amide bonds. The van der Waals surface area contributed by atoms with Gasteiger partial charge >= 0.3 is 12.1 Å². The normalized spacial score (nSPS) is 28.4. The highest BCUT2D eigenvalue weighted by Crippen LogP contribution is 2.63. The molecule has 2 saturated heterocycles. The molecule has 272 valence electrons. The van der Waals surface area contributed by atoms with Crippen LogP contribution in [0.25, 0.3) is 0 Å². The van der Waals surface area contributed by atoms with Crippen LogP contribution in [0.1, 0.15) is 75.8 Å². The Labute approximate surface area is 292 Å². The van der Waals surface area contributed by atoms with Crippen LogP contribution in [-0.4, -0.2) is 103 Å². The zero-order valence-corrected chi connectivity index (χ0v) is 29.3. The Morgan fingerprint density at radius 1 is 1.18 bits per heavy atom. The number of allylic oxidation sites excluding steroid dienone is 1. The smallest absolute Gasteiger partial charge is 0.415 e. The van der Waals surface area contributed by atoms with Gasteiger partial charge in [-0.25, -0.2) is 4.79 Å². The topological polar surface area (TPSA) is 178 Å². The van der Waals surface area contributed by atoms with Crippen molar-refractivity contribution < 1.29 is 43.3 Å². The molecule has 3 unspecified atom stereocenters. The van der Waals surface area contributed by atoms with Crippen molar-refractivity contribution >= 4 is 29.5 Å². The Kier molecular flexibility index (Phi) is 10.5. The van der Waals surface area contributed by atoms with Gasteiger partial charge in [-0.3, -0.25) is 19.2 Å². The molecule has 4 N–H and O–H groups in total. The molecule has 6 rings (SSSR count). The molecule has 13 heteroatoms. The lowest BCUT2D eigenvalue weighted by molar-refractivity contribution is -0.144. The molecule has 0 saturated carbocycles. The first-order valence-electron chi connectivity index (χ1n) is 18.0. The molecule has 1 spiro atoms. The van der Waals surface area contributed by atoms with E-state index in [9.17, 15) is 29.1 Å². The molecule has 1 aromatic rings. The second kappa shape index (κ2) is 14.7. The van der Waals surface area contributed by atoms with Crippen LogP contribution in [0.15, 0.2) is 24.0 Å². The van der Waals surface area contributed by atoms with Gasteiger partial charge in [-0.05, 0) is 95.6 Å². The summed E-state index contributed by atoms with van der Waals surface area (Å²) < 4.78 is 18.7. The van der Waals surface area contributed by atoms with E-state index >= 15 is 0 Å². The molecule has 2 aliphatic carbocycles. The van der Waals surface area contributed by atoms with Crippen molar-refractivity contribution in [1.82, 2.24) is 15.1 Å². The number of aliphatic carboxylic acids is 1. The number of nitrogens with one attached hydrogen (secondary N) is 1. The summed E-state index contributed by atoms with van der Waals surface area (Å²) in [4.78, 5) is 67.4. The van der Waals surface area contributed by atoms with Crippen molar-refractivity contribution in [1.29, 1.82) is 0 Å². The minimum Gasteiger partial charge on any atom is -0.493 e. The number of ether oxygens (including phenoxy) is 3. The number of likely N-dealkylation sites (tertiary alicyclic amines) is 2. The largest absolute Gasteiger partial charge is 0.493 e. The predicted octanol–water partition coefficient (Wildman–Crippen LogP) is 2.96. The van der Waals surface area contributed by atoms with Gasteiger partial charge < -0.3 is 40.2 Å². The van der Waals surface area contributed by atoms with Gasteiger partial charge in [-0.2, -0.15) is 0 Å². The molecule has 2 fully saturated rings. The van der Waals surface area contributed by atoms with Crippen molar-refractivity contribution in [2.45, 2.75) is 94.7 Å². The van der Waals surface area contributed by atoms with Crippen LogP contribution in [0.5, 0.6) is 11.5 Å². The molecule has 0 radical (unpaired) electrons. The van der Waals surface area contributed by atoms with Crippen LogP contribution >= 0.6 is 0 Å². The number of Topliss-reactive ketones (excluding diaryl/α,β-unsaturated/α-hetero) is 2. The Balaban J connectivity index is 1.20. The monoisotopic (exact) mass is 694 g/mol. The molecule has 50 heavy (non-hydrogen) atoms. The summed E-state index contributed by atoms with van der Waals surface area (Å²) in [6.07, 6.45) is 5.16. The SMILES string of the molecule is COc1ccc2c3c1O[C@@H]1C(OC(=O)N4CCC(C(=O)O)CC4CNC(=O)[C@H](CCCCN)CC(=O)CC(C)=O)=CCC4[C@@H](C2)N(C)CC[C@@]341. The van der Waals surface area contributed by atoms with E-state index in [0.717, 1.165) is 31.6 Å². The van der Waals surface area contributed by atoms with Gasteiger partial charge in [0.2, 0.25) is 5.91 Å². The maximum atomic E-state index is 14.1. The number of carboxylic acid groups (broad SMARTS) is 1. The number of nitrogens with two attached hydrogens (primary N) is 1. The van der Waals surface area contributed by atoms with Gasteiger partial charge in [0.1, 0.15) is 17.3 Å². The minimum atomic E-state index is -0.958. The van der Waals surface area contributed by atoms with Gasteiger partial charge in [0.05, 0.1) is 25.5 Å². The van der Waals surface area contributed by atoms with Crippen molar-refractivity contribution in [2.75, 3.05) is 40.3 Å². The minimum absolute atomic E-state index is 0.00297. The van der Waals surface area contributed by atoms with E-state index < -0.39 is 36.0 Å². The Morgan fingerprint density at radius 2 is 1.98 bits per heavy atom. The maximum absolute atomic E-state index is 14.1. The van der Waals surface area contributed by atoms with Gasteiger partial charge in [0, 0.05) is 42.4 Å². The first-order chi connectivity index (χ1) is 24.0. The highest BCUT2D eigenvalue weighted by Gasteiger charge is 2.65. The number of likely N-dealkylation sites (N-methyl/N-ethyl adjacent to an activating group) is 1. The summed E-state index contributed by atoms with van der Waals surface area (Å²) in [6.45, 7) is 2.82. The third-order valence-corrected chi connectivity index (χ3v) is 11.7. The highest BCUT2D eigenvalue weighted by atomic mass is 16.6. The van der Waals surface area contributed by atoms with Crippen LogP contribution in [0.4, 0.5) is 4.79 Å². The number of benzene rings is 1. The van der Waals surface area contributed by atoms with Crippen LogP contribution in [-0.2, 0) is 35.8 Å². The van der Waals surface area contributed by atoms with E-state index in [-0.39, 0.29) is 67.6 Å². The second-order valence-corrected chi connectivity index (χ2v) is 14.7. The second-order valence-electron chi connectivity index (χ2n) is 14.7. The third kappa shape index (κ3) is 6.61. The molecule has 3 aliphatic heterocycles. The predicted molar refractivity (Wildman–Crippen MR) is 182 cm³/mol. The van der Waals surface area contributed by atoms with E-state index in [1.807, 2.05) is 12.1 Å². The van der Waals surface area contributed by atoms with Gasteiger partial charge in [-0.15, -0.1) is 0 Å². The number of piperidine rings is 2. The average Bonchev–Trinajstić information content (AvgIpc) is 3.44. The average molecular weight is 695 g/mol. The fourth-order valence-corrected chi connectivity index (χ4v) is 9.28. The number of carboxylic acids is 1. The van der Waals surface area contributed by atoms with Crippen LogP contribution in [0.3, 0.4) is 0 Å². The summed E-state index contributed by atoms with van der Waals surface area (Å²) in [5.41, 5.74) is 7.69. The molecule has 7 atom stereocenters. The van der Waals surface area contributed by atoms with Crippen LogP contribution in [0, 0.1) is 17.8 Å². The summed E-state index contributed by atoms with van der Waals surface area (Å²) >= 11 is 0. The van der Waals surface area contributed by atoms with Gasteiger partial charge in [0.15, 0.2) is 17.6 Å². The number of unbranched alkanes of at least 4 members (excludes halogenated alkanes) is 1. The number of methoxy groups -OCH3 is 1. The van der Waals surface area contributed by atoms with Gasteiger partial charge in [0.25, 0.3) is 0 Å². The number of amides is 2. The van der Waals surface area contributed by atoms with E-state index in [2.05, 4.69) is 23.3 Å². The summed E-state index contributed by atoms with van der Waals surface area (Å²) in [5.74, 6) is -1.15.